The third-order valence-corrected chi connectivity index (χ3v) is 6.85. The molecule has 0 saturated heterocycles. The van der Waals surface area contributed by atoms with Crippen molar-refractivity contribution in [2.75, 3.05) is 18.5 Å². The number of methoxy groups -OCH3 is 1. The molecule has 0 radical (unpaired) electrons. The molecule has 3 rings (SSSR count). The quantitative estimate of drug-likeness (QED) is 0.501. The molecule has 0 atom stereocenters. The van der Waals surface area contributed by atoms with Gasteiger partial charge in [0.25, 0.3) is 10.0 Å². The minimum Gasteiger partial charge on any atom is -0.495 e. The SMILES string of the molecule is COc1ccc(S(=O)(=O)N(C)c2ccc(Oc3ccccc3)cc2)c(Cl)c1Cl. The monoisotopic (exact) mass is 437 g/mol. The Morgan fingerprint density at radius 2 is 1.43 bits per heavy atom. The van der Waals surface area contributed by atoms with Gasteiger partial charge in [0.2, 0.25) is 0 Å². The molecule has 0 aliphatic rings. The molecule has 0 N–H and O–H groups in total. The Morgan fingerprint density at radius 3 is 2.04 bits per heavy atom. The third kappa shape index (κ3) is 4.04. The number of benzene rings is 3. The fourth-order valence-corrected chi connectivity index (χ4v) is 4.52. The van der Waals surface area contributed by atoms with E-state index in [4.69, 9.17) is 32.7 Å². The maximum absolute atomic E-state index is 13.0. The summed E-state index contributed by atoms with van der Waals surface area (Å²) >= 11 is 12.3. The molecule has 3 aromatic carbocycles. The van der Waals surface area contributed by atoms with Gasteiger partial charge in [-0.05, 0) is 48.5 Å². The highest BCUT2D eigenvalue weighted by Gasteiger charge is 2.26. The molecule has 0 amide bonds. The number of ether oxygens (including phenoxy) is 2. The summed E-state index contributed by atoms with van der Waals surface area (Å²) in [6, 6.07) is 18.8. The van der Waals surface area contributed by atoms with Crippen LogP contribution in [0.3, 0.4) is 0 Å². The first-order chi connectivity index (χ1) is 13.3. The fourth-order valence-electron chi connectivity index (χ4n) is 2.51. The second-order valence-electron chi connectivity index (χ2n) is 5.78. The van der Waals surface area contributed by atoms with Crippen LogP contribution in [-0.4, -0.2) is 22.6 Å². The molecule has 5 nitrogen and oxygen atoms in total. The van der Waals surface area contributed by atoms with Gasteiger partial charge in [0, 0.05) is 7.05 Å². The lowest BCUT2D eigenvalue weighted by atomic mass is 10.3. The van der Waals surface area contributed by atoms with Crippen molar-refractivity contribution in [1.29, 1.82) is 0 Å². The number of hydrogen-bond acceptors (Lipinski definition) is 4. The highest BCUT2D eigenvalue weighted by atomic mass is 35.5. The number of nitrogens with zero attached hydrogens (tertiary/aromatic N) is 1. The van der Waals surface area contributed by atoms with Crippen LogP contribution in [0.1, 0.15) is 0 Å². The standard InChI is InChI=1S/C20H17Cl2NO4S/c1-23(28(24,25)18-13-12-17(26-2)19(21)20(18)22)14-8-10-16(11-9-14)27-15-6-4-3-5-7-15/h3-13H,1-2H3. The van der Waals surface area contributed by atoms with Crippen LogP contribution in [0.2, 0.25) is 10.0 Å². The summed E-state index contributed by atoms with van der Waals surface area (Å²) in [5, 5.41) is -0.0397. The van der Waals surface area contributed by atoms with E-state index in [0.717, 1.165) is 4.31 Å². The molecule has 8 heteroatoms. The first-order valence-electron chi connectivity index (χ1n) is 8.18. The molecule has 146 valence electrons. The highest BCUT2D eigenvalue weighted by Crippen LogP contribution is 2.38. The molecule has 0 aromatic heterocycles. The Labute approximate surface area is 174 Å². The summed E-state index contributed by atoms with van der Waals surface area (Å²) in [6.45, 7) is 0. The number of hydrogen-bond donors (Lipinski definition) is 0. The second kappa shape index (κ2) is 8.31. The molecule has 3 aromatic rings. The largest absolute Gasteiger partial charge is 0.495 e. The highest BCUT2D eigenvalue weighted by molar-refractivity contribution is 7.93. The first-order valence-corrected chi connectivity index (χ1v) is 10.4. The zero-order valence-electron chi connectivity index (χ0n) is 15.1. The zero-order chi connectivity index (χ0) is 20.3. The normalized spacial score (nSPS) is 11.1. The topological polar surface area (TPSA) is 55.8 Å². The summed E-state index contributed by atoms with van der Waals surface area (Å²) in [5.41, 5.74) is 0.448. The Bertz CT molecular complexity index is 1070. The number of rotatable bonds is 6. The van der Waals surface area contributed by atoms with Crippen LogP contribution >= 0.6 is 23.2 Å². The predicted molar refractivity (Wildman–Crippen MR) is 112 cm³/mol. The Hall–Kier alpha value is -2.41. The molecule has 0 saturated carbocycles. The minimum atomic E-state index is -3.92. The van der Waals surface area contributed by atoms with Gasteiger partial charge in [0.05, 0.1) is 17.8 Å². The van der Waals surface area contributed by atoms with Gasteiger partial charge < -0.3 is 9.47 Å². The average molecular weight is 438 g/mol. The molecule has 0 unspecified atom stereocenters. The van der Waals surface area contributed by atoms with Gasteiger partial charge in [-0.1, -0.05) is 41.4 Å². The van der Waals surface area contributed by atoms with E-state index in [1.54, 1.807) is 24.3 Å². The Balaban J connectivity index is 1.87. The van der Waals surface area contributed by atoms with Gasteiger partial charge in [-0.25, -0.2) is 8.42 Å². The van der Waals surface area contributed by atoms with Crippen LogP contribution in [0, 0.1) is 0 Å². The lowest BCUT2D eigenvalue weighted by Gasteiger charge is -2.21. The van der Waals surface area contributed by atoms with Gasteiger partial charge in [-0.3, -0.25) is 4.31 Å². The van der Waals surface area contributed by atoms with Crippen LogP contribution in [-0.2, 0) is 10.0 Å². The maximum Gasteiger partial charge on any atom is 0.265 e. The molecule has 0 spiro atoms. The number of halogens is 2. The molecule has 28 heavy (non-hydrogen) atoms. The van der Waals surface area contributed by atoms with Gasteiger partial charge in [0.15, 0.2) is 0 Å². The summed E-state index contributed by atoms with van der Waals surface area (Å²) in [5.74, 6) is 1.58. The Kier molecular flexibility index (Phi) is 6.03. The van der Waals surface area contributed by atoms with Gasteiger partial charge >= 0.3 is 0 Å². The van der Waals surface area contributed by atoms with Crippen molar-refractivity contribution >= 4 is 38.9 Å². The predicted octanol–water partition coefficient (Wildman–Crippen LogP) is 5.62. The van der Waals surface area contributed by atoms with E-state index in [0.29, 0.717) is 22.9 Å². The molecular formula is C20H17Cl2NO4S. The molecule has 0 aliphatic heterocycles. The first kappa shape index (κ1) is 20.3. The van der Waals surface area contributed by atoms with Crippen LogP contribution in [0.25, 0.3) is 0 Å². The number of anilines is 1. The van der Waals surface area contributed by atoms with E-state index in [1.807, 2.05) is 30.3 Å². The summed E-state index contributed by atoms with van der Waals surface area (Å²) in [6.07, 6.45) is 0. The van der Waals surface area contributed by atoms with Crippen LogP contribution < -0.4 is 13.8 Å². The lowest BCUT2D eigenvalue weighted by molar-refractivity contribution is 0.414. The van der Waals surface area contributed by atoms with Crippen molar-refractivity contribution in [1.82, 2.24) is 0 Å². The molecule has 0 aliphatic carbocycles. The van der Waals surface area contributed by atoms with E-state index >= 15 is 0 Å². The van der Waals surface area contributed by atoms with Crippen LogP contribution in [0.4, 0.5) is 5.69 Å². The van der Waals surface area contributed by atoms with Gasteiger partial charge in [0.1, 0.15) is 27.2 Å². The van der Waals surface area contributed by atoms with Crippen molar-refractivity contribution < 1.29 is 17.9 Å². The molecule has 0 fully saturated rings. The maximum atomic E-state index is 13.0. The van der Waals surface area contributed by atoms with E-state index in [2.05, 4.69) is 0 Å². The molecule has 0 heterocycles. The average Bonchev–Trinajstić information content (AvgIpc) is 2.70. The van der Waals surface area contributed by atoms with E-state index in [1.165, 1.54) is 26.3 Å². The zero-order valence-corrected chi connectivity index (χ0v) is 17.4. The van der Waals surface area contributed by atoms with Gasteiger partial charge in [-0.15, -0.1) is 0 Å². The summed E-state index contributed by atoms with van der Waals surface area (Å²) < 4.78 is 37.9. The summed E-state index contributed by atoms with van der Waals surface area (Å²) in [7, 11) is -1.05. The van der Waals surface area contributed by atoms with E-state index in [9.17, 15) is 8.42 Å². The number of sulfonamides is 1. The minimum absolute atomic E-state index is 0.0465. The third-order valence-electron chi connectivity index (χ3n) is 4.05. The van der Waals surface area contributed by atoms with Crippen molar-refractivity contribution in [3.05, 3.63) is 76.8 Å². The smallest absolute Gasteiger partial charge is 0.265 e. The Morgan fingerprint density at radius 1 is 0.821 bits per heavy atom. The second-order valence-corrected chi connectivity index (χ2v) is 8.47. The van der Waals surface area contributed by atoms with Crippen LogP contribution in [0.15, 0.2) is 71.6 Å². The van der Waals surface area contributed by atoms with Crippen molar-refractivity contribution in [3.63, 3.8) is 0 Å². The lowest BCUT2D eigenvalue weighted by Crippen LogP contribution is -2.26. The van der Waals surface area contributed by atoms with E-state index in [-0.39, 0.29) is 14.9 Å². The summed E-state index contributed by atoms with van der Waals surface area (Å²) in [4.78, 5) is -0.105. The van der Waals surface area contributed by atoms with Crippen molar-refractivity contribution in [3.8, 4) is 17.2 Å². The van der Waals surface area contributed by atoms with Crippen LogP contribution in [0.5, 0.6) is 17.2 Å². The molecular weight excluding hydrogens is 421 g/mol. The molecule has 0 bridgehead atoms. The van der Waals surface area contributed by atoms with Gasteiger partial charge in [-0.2, -0.15) is 0 Å². The van der Waals surface area contributed by atoms with E-state index < -0.39 is 10.0 Å². The van der Waals surface area contributed by atoms with Crippen molar-refractivity contribution in [2.45, 2.75) is 4.90 Å². The fraction of sp³-hybridized carbons (Fsp3) is 0.100. The van der Waals surface area contributed by atoms with Crippen molar-refractivity contribution in [2.24, 2.45) is 0 Å². The number of para-hydroxylation sites is 1.